The van der Waals surface area contributed by atoms with Crippen LogP contribution in [0.25, 0.3) is 10.9 Å². The maximum absolute atomic E-state index is 15.2. The highest BCUT2D eigenvalue weighted by molar-refractivity contribution is 7.98. The van der Waals surface area contributed by atoms with E-state index in [9.17, 15) is 67.7 Å². The number of carboxylic acid groups (broad SMARTS) is 2. The Morgan fingerprint density at radius 3 is 2.02 bits per heavy atom. The monoisotopic (exact) mass is 1460 g/mol. The van der Waals surface area contributed by atoms with Gasteiger partial charge in [-0.3, -0.25) is 67.3 Å². The van der Waals surface area contributed by atoms with Crippen molar-refractivity contribution < 1.29 is 82.1 Å². The smallest absolute Gasteiger partial charge is 0.305 e. The van der Waals surface area contributed by atoms with Crippen LogP contribution < -0.4 is 69.8 Å². The summed E-state index contributed by atoms with van der Waals surface area (Å²) in [6.45, 7) is 8.14. The van der Waals surface area contributed by atoms with Crippen LogP contribution in [0.1, 0.15) is 128 Å². The summed E-state index contributed by atoms with van der Waals surface area (Å²) in [5, 5.41) is 47.6. The van der Waals surface area contributed by atoms with Crippen LogP contribution in [0.5, 0.6) is 5.75 Å². The molecule has 3 aliphatic rings. The number of rotatable bonds is 14. The number of amides is 11. The first-order valence-electron chi connectivity index (χ1n) is 33.8. The molecule has 1 saturated heterocycles. The highest BCUT2D eigenvalue weighted by Crippen LogP contribution is 2.28. The number of carbonyl (C=O) groups excluding carboxylic acids is 11. The summed E-state index contributed by atoms with van der Waals surface area (Å²) in [7, 11) is 0. The van der Waals surface area contributed by atoms with Gasteiger partial charge in [-0.2, -0.15) is 23.5 Å². The van der Waals surface area contributed by atoms with E-state index in [1.165, 1.54) is 28.4 Å². The van der Waals surface area contributed by atoms with Crippen LogP contribution in [0.3, 0.4) is 0 Å². The normalized spacial score (nSPS) is 23.9. The quantitative estimate of drug-likeness (QED) is 0.0565. The first kappa shape index (κ1) is 81.3. The Hall–Kier alpha value is -9.67. The van der Waals surface area contributed by atoms with E-state index >= 15 is 4.79 Å². The third-order valence-corrected chi connectivity index (χ3v) is 18.8. The highest BCUT2D eigenvalue weighted by Gasteiger charge is 2.42. The molecule has 558 valence electrons. The number of guanidine groups is 1. The molecule has 6 rings (SSSR count). The van der Waals surface area contributed by atoms with Gasteiger partial charge in [0.25, 0.3) is 5.91 Å². The molecule has 1 aromatic heterocycles. The van der Waals surface area contributed by atoms with E-state index in [4.69, 9.17) is 26.8 Å². The summed E-state index contributed by atoms with van der Waals surface area (Å²) in [4.78, 5) is 195. The summed E-state index contributed by atoms with van der Waals surface area (Å²) in [5.74, 6) is -13.2. The van der Waals surface area contributed by atoms with Crippen LogP contribution in [0.4, 0.5) is 0 Å². The number of aliphatic carboxylic acids is 2. The fourth-order valence-corrected chi connectivity index (χ4v) is 13.5. The number of nitrogens with one attached hydrogen (secondary N) is 10. The number of hydrogen-bond donors (Lipinski definition) is 15. The minimum absolute atomic E-state index is 0.0156. The number of carbonyl (C=O) groups is 13. The molecular weight excluding hydrogens is 1360 g/mol. The Kier molecular flexibility index (Phi) is 32.0. The zero-order chi connectivity index (χ0) is 74.6. The predicted molar refractivity (Wildman–Crippen MR) is 380 cm³/mol. The summed E-state index contributed by atoms with van der Waals surface area (Å²) < 4.78 is 6.28. The summed E-state index contributed by atoms with van der Waals surface area (Å²) in [5.41, 5.74) is 18.9. The third-order valence-electron chi connectivity index (χ3n) is 16.6. The van der Waals surface area contributed by atoms with Crippen molar-refractivity contribution in [2.24, 2.45) is 38.7 Å². The fraction of sp³-hybridized carbons (Fsp3) is 0.567. The van der Waals surface area contributed by atoms with Gasteiger partial charge in [0.15, 0.2) is 5.96 Å². The second kappa shape index (κ2) is 40.1. The number of para-hydroxylation sites is 1. The molecule has 1 fully saturated rings. The van der Waals surface area contributed by atoms with Crippen molar-refractivity contribution in [2.75, 3.05) is 44.4 Å². The van der Waals surface area contributed by atoms with Crippen LogP contribution in [0, 0.1) is 11.3 Å². The summed E-state index contributed by atoms with van der Waals surface area (Å²) in [6, 6.07) is -0.740. The van der Waals surface area contributed by atoms with Crippen molar-refractivity contribution in [3.05, 3.63) is 65.4 Å². The maximum Gasteiger partial charge on any atom is 0.305 e. The number of H-pyrrole nitrogens is 1. The lowest BCUT2D eigenvalue weighted by Crippen LogP contribution is -2.61. The van der Waals surface area contributed by atoms with Crippen LogP contribution in [-0.2, 0) is 85.1 Å². The van der Waals surface area contributed by atoms with Gasteiger partial charge in [-0.05, 0) is 110 Å². The minimum atomic E-state index is -1.88. The van der Waals surface area contributed by atoms with Crippen molar-refractivity contribution in [2.45, 2.75) is 184 Å². The number of ether oxygens (including phenoxy) is 1. The molecule has 0 radical (unpaired) electrons. The number of nitrogens with zero attached hydrogens (tertiary/aromatic N) is 3. The second-order valence-electron chi connectivity index (χ2n) is 26.7. The Morgan fingerprint density at radius 1 is 0.696 bits per heavy atom. The van der Waals surface area contributed by atoms with E-state index in [1.807, 2.05) is 6.07 Å². The molecule has 18 N–H and O–H groups in total. The van der Waals surface area contributed by atoms with E-state index in [-0.39, 0.29) is 80.8 Å². The standard InChI is InChI=1S/C67H96N16O17S2/c1-37(2)56-64(97)78-46(27-40-30-72-43-15-9-8-14-42(40)43)58(91)73-31-52(84)76-45(18-19-54(86)87)60(93)80-49(57(68)90)35-101-33-38-24-39-26-41(25-38)99-22-10-6-7-11-23-100-74-32-53(85)75-44(16-12-20-71-66(69)70)59(92)81-50(36-102-34-39)65(98)83-21-13-17-51(83)63(96)79-48(29-67(3,4)5)62(95)77-47(28-55(88)89)61(94)82-56/h8-9,14-15,24-26,30,32,37,44-51,56,72H,6-7,10-13,16-23,27-29,31,33-36H2,1-5H3,(H2,68,90)(H,73,91)(H,75,85)(H,76,84)(H,77,95)(H,78,97)(H,79,96)(H,80,93)(H,81,92)(H,82,94)(H,86,87)(H,88,89)(H4,69,70,71)/t44-,45-,46-,47-,48-,49-,50-,51-,56-/m0/s1. The van der Waals surface area contributed by atoms with E-state index in [1.54, 1.807) is 77.2 Å². The molecule has 0 unspecified atom stereocenters. The lowest BCUT2D eigenvalue weighted by molar-refractivity contribution is -0.143. The summed E-state index contributed by atoms with van der Waals surface area (Å²) >= 11 is 2.42. The van der Waals surface area contributed by atoms with Crippen molar-refractivity contribution in [1.29, 1.82) is 0 Å². The van der Waals surface area contributed by atoms with Gasteiger partial charge in [-0.25, -0.2) is 0 Å². The van der Waals surface area contributed by atoms with Gasteiger partial charge < -0.3 is 94.7 Å². The van der Waals surface area contributed by atoms with Crippen molar-refractivity contribution >= 4 is 124 Å². The molecule has 0 spiro atoms. The average Bonchev–Trinajstić information content (AvgIpc) is 1.63. The van der Waals surface area contributed by atoms with Crippen LogP contribution in [0.15, 0.2) is 58.8 Å². The third kappa shape index (κ3) is 27.0. The number of aromatic amines is 1. The number of aliphatic imine (C=N–C) groups is 1. The number of hydrogen-bond acceptors (Lipinski definition) is 19. The Bertz CT molecular complexity index is 3540. The average molecular weight is 1460 g/mol. The van der Waals surface area contributed by atoms with Gasteiger partial charge in [0.2, 0.25) is 59.1 Å². The molecule has 4 heterocycles. The first-order chi connectivity index (χ1) is 48.4. The van der Waals surface area contributed by atoms with Gasteiger partial charge in [-0.1, -0.05) is 64.0 Å². The van der Waals surface area contributed by atoms with E-state index in [2.05, 4.69) is 63.0 Å². The molecule has 35 heteroatoms. The van der Waals surface area contributed by atoms with Gasteiger partial charge in [0, 0.05) is 66.0 Å². The Labute approximate surface area is 598 Å². The largest absolute Gasteiger partial charge is 0.494 e. The fourth-order valence-electron chi connectivity index (χ4n) is 11.5. The van der Waals surface area contributed by atoms with E-state index in [0.29, 0.717) is 59.2 Å². The Morgan fingerprint density at radius 2 is 1.34 bits per heavy atom. The molecule has 102 heavy (non-hydrogen) atoms. The zero-order valence-corrected chi connectivity index (χ0v) is 59.6. The van der Waals surface area contributed by atoms with E-state index < -0.39 is 168 Å². The predicted octanol–water partition coefficient (Wildman–Crippen LogP) is -0.198. The molecule has 0 aliphatic carbocycles. The van der Waals surface area contributed by atoms with Crippen molar-refractivity contribution in [1.82, 2.24) is 57.7 Å². The molecule has 2 aromatic carbocycles. The molecule has 3 aliphatic heterocycles. The summed E-state index contributed by atoms with van der Waals surface area (Å²) in [6.07, 6.45) is 3.33. The molecule has 3 aromatic rings. The number of oxime groups is 1. The first-order valence-corrected chi connectivity index (χ1v) is 36.2. The second-order valence-corrected chi connectivity index (χ2v) is 28.7. The molecule has 9 atom stereocenters. The van der Waals surface area contributed by atoms with E-state index in [0.717, 1.165) is 19.1 Å². The number of aromatic nitrogens is 1. The maximum atomic E-state index is 15.2. The van der Waals surface area contributed by atoms with Crippen LogP contribution in [-0.4, -0.2) is 208 Å². The van der Waals surface area contributed by atoms with Gasteiger partial charge in [0.1, 0.15) is 72.9 Å². The molecule has 11 amide bonds. The van der Waals surface area contributed by atoms with Crippen LogP contribution >= 0.6 is 23.5 Å². The number of carboxylic acids is 2. The van der Waals surface area contributed by atoms with Gasteiger partial charge >= 0.3 is 11.9 Å². The zero-order valence-electron chi connectivity index (χ0n) is 57.9. The Balaban J connectivity index is 1.41. The number of benzene rings is 2. The van der Waals surface area contributed by atoms with Crippen molar-refractivity contribution in [3.63, 3.8) is 0 Å². The van der Waals surface area contributed by atoms with Gasteiger partial charge in [-0.15, -0.1) is 0 Å². The number of primary amides is 1. The lowest BCUT2D eigenvalue weighted by atomic mass is 9.87. The number of thioether (sulfide) groups is 2. The SMILES string of the molecule is CC(C)[C@@H]1NC(=O)[C@H](CC(=O)O)NC(=O)[C@H](CC(C)(C)C)NC(=O)[C@@H]2CCCN2C(=O)[C@@H]2CSCc3cc(cc(c3)OCCCCCCON=CC(=O)N[C@@H](CCCN=C(N)N)C(=O)N2)CSC[C@@H](C(N)=O)NC(=O)[C@H](CCC(=O)O)NC(=O)CNC(=O)[C@H](Cc2c[nH]c3ccccc23)NC1=O. The minimum Gasteiger partial charge on any atom is -0.494 e. The number of nitrogens with two attached hydrogens (primary N) is 3. The topological polar surface area (TPSA) is 511 Å². The van der Waals surface area contributed by atoms with Crippen molar-refractivity contribution in [3.8, 4) is 5.75 Å². The molecular formula is C67H96N16O17S2. The van der Waals surface area contributed by atoms with Gasteiger partial charge in [0.05, 0.1) is 19.6 Å². The number of fused-ring (bicyclic) bond motifs is 7. The lowest BCUT2D eigenvalue weighted by Gasteiger charge is -2.32. The molecule has 0 saturated carbocycles. The van der Waals surface area contributed by atoms with Crippen LogP contribution in [0.2, 0.25) is 0 Å². The molecule has 33 nitrogen and oxygen atoms in total. The molecule has 4 bridgehead atoms. The highest BCUT2D eigenvalue weighted by atomic mass is 32.2.